The van der Waals surface area contributed by atoms with E-state index in [2.05, 4.69) is 30.8 Å². The zero-order chi connectivity index (χ0) is 26.0. The molecule has 0 amide bonds. The molecule has 2 aliphatic heterocycles. The predicted molar refractivity (Wildman–Crippen MR) is 136 cm³/mol. The van der Waals surface area contributed by atoms with Gasteiger partial charge in [-0.1, -0.05) is 86.5 Å². The third kappa shape index (κ3) is 5.51. The Morgan fingerprint density at radius 3 is 2.33 bits per heavy atom. The van der Waals surface area contributed by atoms with Crippen LogP contribution in [-0.4, -0.2) is 50.4 Å². The molecule has 2 aliphatic rings. The SMILES string of the molecule is CC(C)(C)[Si](C)(C)O[C@@H]1O[C@@H]2COC(c3ccccc3)O[C@H]2[C@H](OCc2ccccc2)[C@]1(O)N=[N+]=[N-]. The molecule has 194 valence electrons. The lowest BCUT2D eigenvalue weighted by Crippen LogP contribution is -2.70. The largest absolute Gasteiger partial charge is 0.390 e. The number of hydrogen-bond donors (Lipinski definition) is 1. The van der Waals surface area contributed by atoms with Gasteiger partial charge >= 0.3 is 0 Å². The third-order valence-corrected chi connectivity index (χ3v) is 11.6. The summed E-state index contributed by atoms with van der Waals surface area (Å²) in [4.78, 5) is 2.96. The van der Waals surface area contributed by atoms with Gasteiger partial charge in [0, 0.05) is 10.5 Å². The molecule has 0 aromatic heterocycles. The van der Waals surface area contributed by atoms with E-state index < -0.39 is 44.9 Å². The molecular formula is C26H35N3O6Si. The molecule has 2 heterocycles. The molecule has 2 aromatic rings. The summed E-state index contributed by atoms with van der Waals surface area (Å²) < 4.78 is 31.3. The standard InChI is InChI=1S/C26H35N3O6Si/c1-25(2,3)36(4,5)35-24-26(30,28-29-27)22(31-16-18-12-8-6-9-13-18)21-20(33-24)17-32-23(34-21)19-14-10-7-11-15-19/h6-15,20-24,30H,16-17H2,1-5H3/t20-,21-,22+,23?,24+,26-/m1/s1. The monoisotopic (exact) mass is 513 g/mol. The van der Waals surface area contributed by atoms with Gasteiger partial charge in [-0.15, -0.1) is 0 Å². The average Bonchev–Trinajstić information content (AvgIpc) is 2.84. The molecule has 1 N–H and O–H groups in total. The number of fused-ring (bicyclic) bond motifs is 1. The lowest BCUT2D eigenvalue weighted by molar-refractivity contribution is -0.381. The van der Waals surface area contributed by atoms with Crippen LogP contribution in [0.15, 0.2) is 65.8 Å². The summed E-state index contributed by atoms with van der Waals surface area (Å²) in [7, 11) is -2.45. The fourth-order valence-electron chi connectivity index (χ4n) is 4.06. The fraction of sp³-hybridized carbons (Fsp3) is 0.538. The van der Waals surface area contributed by atoms with Crippen molar-refractivity contribution >= 4 is 8.32 Å². The summed E-state index contributed by atoms with van der Waals surface area (Å²) in [6, 6.07) is 19.1. The van der Waals surface area contributed by atoms with Gasteiger partial charge < -0.3 is 28.5 Å². The van der Waals surface area contributed by atoms with E-state index in [0.717, 1.165) is 11.1 Å². The van der Waals surface area contributed by atoms with Crippen LogP contribution in [0, 0.1) is 0 Å². The van der Waals surface area contributed by atoms with Crippen LogP contribution in [0.4, 0.5) is 0 Å². The van der Waals surface area contributed by atoms with Gasteiger partial charge in [-0.05, 0) is 29.2 Å². The molecule has 0 spiro atoms. The van der Waals surface area contributed by atoms with E-state index in [-0.39, 0.29) is 18.3 Å². The number of aliphatic hydroxyl groups is 1. The van der Waals surface area contributed by atoms with Crippen molar-refractivity contribution in [3.63, 3.8) is 0 Å². The van der Waals surface area contributed by atoms with Gasteiger partial charge in [0.05, 0.1) is 13.2 Å². The molecule has 10 heteroatoms. The van der Waals surface area contributed by atoms with E-state index >= 15 is 0 Å². The fourth-order valence-corrected chi connectivity index (χ4v) is 5.18. The number of ether oxygens (including phenoxy) is 4. The highest BCUT2D eigenvalue weighted by molar-refractivity contribution is 6.74. The van der Waals surface area contributed by atoms with Crippen molar-refractivity contribution in [2.24, 2.45) is 5.11 Å². The first kappa shape index (κ1) is 26.8. The van der Waals surface area contributed by atoms with E-state index in [0.29, 0.717) is 0 Å². The minimum atomic E-state index is -2.45. The maximum atomic E-state index is 11.9. The smallest absolute Gasteiger partial charge is 0.222 e. The molecule has 1 unspecified atom stereocenters. The van der Waals surface area contributed by atoms with Gasteiger partial charge in [-0.25, -0.2) is 0 Å². The van der Waals surface area contributed by atoms with Crippen LogP contribution < -0.4 is 0 Å². The Morgan fingerprint density at radius 1 is 1.08 bits per heavy atom. The Labute approximate surface area is 213 Å². The second-order valence-electron chi connectivity index (χ2n) is 10.8. The second kappa shape index (κ2) is 10.6. The first-order valence-electron chi connectivity index (χ1n) is 12.1. The average molecular weight is 514 g/mol. The van der Waals surface area contributed by atoms with Gasteiger partial charge in [0.2, 0.25) is 5.72 Å². The molecule has 0 bridgehead atoms. The summed E-state index contributed by atoms with van der Waals surface area (Å²) in [6.07, 6.45) is -4.39. The van der Waals surface area contributed by atoms with Gasteiger partial charge in [0.15, 0.2) is 20.9 Å². The highest BCUT2D eigenvalue weighted by Crippen LogP contribution is 2.45. The van der Waals surface area contributed by atoms with E-state index in [4.69, 9.17) is 23.4 Å². The maximum absolute atomic E-state index is 11.9. The van der Waals surface area contributed by atoms with Crippen LogP contribution in [0.5, 0.6) is 0 Å². The third-order valence-electron chi connectivity index (χ3n) is 7.18. The molecule has 0 aliphatic carbocycles. The van der Waals surface area contributed by atoms with E-state index in [1.165, 1.54) is 0 Å². The Kier molecular flexibility index (Phi) is 7.89. The first-order valence-corrected chi connectivity index (χ1v) is 15.1. The van der Waals surface area contributed by atoms with E-state index in [1.807, 2.05) is 73.8 Å². The summed E-state index contributed by atoms with van der Waals surface area (Å²) in [6.45, 7) is 10.7. The molecule has 9 nitrogen and oxygen atoms in total. The molecule has 2 aromatic carbocycles. The maximum Gasteiger partial charge on any atom is 0.222 e. The highest BCUT2D eigenvalue weighted by Gasteiger charge is 2.61. The highest BCUT2D eigenvalue weighted by atomic mass is 28.4. The predicted octanol–water partition coefficient (Wildman–Crippen LogP) is 5.43. The molecule has 2 saturated heterocycles. The second-order valence-corrected chi connectivity index (χ2v) is 15.5. The van der Waals surface area contributed by atoms with Crippen molar-refractivity contribution in [3.8, 4) is 0 Å². The van der Waals surface area contributed by atoms with Crippen LogP contribution in [0.3, 0.4) is 0 Å². The minimum absolute atomic E-state index is 0.172. The summed E-state index contributed by atoms with van der Waals surface area (Å²) in [5.74, 6) is 0. The van der Waals surface area contributed by atoms with Gasteiger partial charge in [0.1, 0.15) is 18.3 Å². The zero-order valence-corrected chi connectivity index (χ0v) is 22.4. The van der Waals surface area contributed by atoms with Crippen molar-refractivity contribution in [1.82, 2.24) is 0 Å². The Bertz CT molecular complexity index is 1060. The van der Waals surface area contributed by atoms with E-state index in [9.17, 15) is 10.6 Å². The molecule has 2 fully saturated rings. The number of hydrogen-bond acceptors (Lipinski definition) is 7. The Balaban J connectivity index is 1.69. The van der Waals surface area contributed by atoms with Crippen LogP contribution in [0.25, 0.3) is 10.4 Å². The topological polar surface area (TPSA) is 115 Å². The minimum Gasteiger partial charge on any atom is -0.390 e. The van der Waals surface area contributed by atoms with Crippen molar-refractivity contribution < 1.29 is 28.5 Å². The van der Waals surface area contributed by atoms with Crippen molar-refractivity contribution in [2.75, 3.05) is 6.61 Å². The van der Waals surface area contributed by atoms with Gasteiger partial charge in [0.25, 0.3) is 0 Å². The number of azide groups is 1. The van der Waals surface area contributed by atoms with Crippen LogP contribution in [-0.2, 0) is 30.0 Å². The molecule has 0 saturated carbocycles. The van der Waals surface area contributed by atoms with Crippen molar-refractivity contribution in [3.05, 3.63) is 82.2 Å². The number of rotatable bonds is 7. The summed E-state index contributed by atoms with van der Waals surface area (Å²) in [5, 5.41) is 15.5. The van der Waals surface area contributed by atoms with Crippen LogP contribution in [0.2, 0.25) is 18.1 Å². The van der Waals surface area contributed by atoms with Crippen LogP contribution in [0.1, 0.15) is 38.2 Å². The summed E-state index contributed by atoms with van der Waals surface area (Å²) >= 11 is 0. The molecule has 0 radical (unpaired) electrons. The molecule has 6 atom stereocenters. The van der Waals surface area contributed by atoms with E-state index in [1.54, 1.807) is 0 Å². The normalized spacial score (nSPS) is 30.8. The van der Waals surface area contributed by atoms with Gasteiger partial charge in [-0.2, -0.15) is 0 Å². The van der Waals surface area contributed by atoms with Crippen LogP contribution >= 0.6 is 0 Å². The lowest BCUT2D eigenvalue weighted by atomic mass is 9.92. The van der Waals surface area contributed by atoms with Crippen molar-refractivity contribution in [1.29, 1.82) is 0 Å². The zero-order valence-electron chi connectivity index (χ0n) is 21.4. The Hall–Kier alpha value is -2.27. The molecule has 36 heavy (non-hydrogen) atoms. The first-order chi connectivity index (χ1) is 17.0. The Morgan fingerprint density at radius 2 is 1.72 bits per heavy atom. The van der Waals surface area contributed by atoms with Gasteiger partial charge in [-0.3, -0.25) is 0 Å². The van der Waals surface area contributed by atoms with Crippen molar-refractivity contribution in [2.45, 2.75) is 82.1 Å². The lowest BCUT2D eigenvalue weighted by Gasteiger charge is -2.53. The molecule has 4 rings (SSSR count). The summed E-state index contributed by atoms with van der Waals surface area (Å²) in [5.41, 5.74) is 9.02. The number of benzene rings is 2. The molecular weight excluding hydrogens is 478 g/mol. The quantitative estimate of drug-likeness (QED) is 0.228. The number of nitrogens with zero attached hydrogens (tertiary/aromatic N) is 3.